The lowest BCUT2D eigenvalue weighted by Crippen LogP contribution is -2.29. The minimum Gasteiger partial charge on any atom is -0.387 e. The number of nitrogens with one attached hydrogen (secondary N) is 1. The van der Waals surface area contributed by atoms with Gasteiger partial charge in [-0.15, -0.1) is 16.4 Å². The zero-order chi connectivity index (χ0) is 17.9. The van der Waals surface area contributed by atoms with E-state index in [1.165, 1.54) is 11.2 Å². The van der Waals surface area contributed by atoms with E-state index >= 15 is 0 Å². The number of hydrogen-bond acceptors (Lipinski definition) is 6. The maximum Gasteiger partial charge on any atom is 0.254 e. The number of carbonyl (C=O) groups excluding carboxylic acids is 1. The molecule has 1 unspecified atom stereocenters. The maximum atomic E-state index is 12.9. The van der Waals surface area contributed by atoms with Gasteiger partial charge < -0.3 is 10.4 Å². The van der Waals surface area contributed by atoms with Crippen LogP contribution >= 0.6 is 11.3 Å². The smallest absolute Gasteiger partial charge is 0.254 e. The largest absolute Gasteiger partial charge is 0.387 e. The van der Waals surface area contributed by atoms with Crippen LogP contribution < -0.4 is 5.32 Å². The summed E-state index contributed by atoms with van der Waals surface area (Å²) in [7, 11) is 0. The van der Waals surface area contributed by atoms with Crippen LogP contribution in [0.25, 0.3) is 5.00 Å². The van der Waals surface area contributed by atoms with Crippen LogP contribution in [0.15, 0.2) is 36.7 Å². The zero-order valence-corrected chi connectivity index (χ0v) is 14.9. The molecule has 1 amide bonds. The van der Waals surface area contributed by atoms with Gasteiger partial charge in [0.1, 0.15) is 11.3 Å². The average molecular weight is 369 g/mol. The highest BCUT2D eigenvalue weighted by Gasteiger charge is 2.27. The van der Waals surface area contributed by atoms with Crippen molar-refractivity contribution in [1.29, 1.82) is 0 Å². The summed E-state index contributed by atoms with van der Waals surface area (Å²) in [5.41, 5.74) is 2.51. The summed E-state index contributed by atoms with van der Waals surface area (Å²) in [6.45, 7) is 0.155. The molecule has 0 spiro atoms. The second kappa shape index (κ2) is 7.35. The standard InChI is InChI=1S/C18H19N5O2S/c24-14(12-6-2-1-3-7-12)10-19-17(25)16-13-8-4-5-9-15(13)26-18(16)23-11-20-21-22-23/h1-3,6-7,11,14,24H,4-5,8-10H2,(H,19,25). The Morgan fingerprint density at radius 1 is 1.27 bits per heavy atom. The number of amides is 1. The second-order valence-electron chi connectivity index (χ2n) is 6.28. The second-order valence-corrected chi connectivity index (χ2v) is 7.37. The van der Waals surface area contributed by atoms with E-state index in [1.54, 1.807) is 16.0 Å². The summed E-state index contributed by atoms with van der Waals surface area (Å²) in [5.74, 6) is -0.190. The number of tetrazole rings is 1. The van der Waals surface area contributed by atoms with Crippen LogP contribution in [0.3, 0.4) is 0 Å². The first kappa shape index (κ1) is 16.9. The highest BCUT2D eigenvalue weighted by Crippen LogP contribution is 2.36. The zero-order valence-electron chi connectivity index (χ0n) is 14.1. The van der Waals surface area contributed by atoms with E-state index in [9.17, 15) is 9.90 Å². The molecule has 0 saturated carbocycles. The van der Waals surface area contributed by atoms with E-state index in [1.807, 2.05) is 30.3 Å². The van der Waals surface area contributed by atoms with Crippen LogP contribution in [0.5, 0.6) is 0 Å². The highest BCUT2D eigenvalue weighted by molar-refractivity contribution is 7.15. The molecule has 8 heteroatoms. The van der Waals surface area contributed by atoms with Gasteiger partial charge in [-0.3, -0.25) is 4.79 Å². The third-order valence-corrected chi connectivity index (χ3v) is 5.86. The van der Waals surface area contributed by atoms with Crippen molar-refractivity contribution in [1.82, 2.24) is 25.5 Å². The molecular weight excluding hydrogens is 350 g/mol. The van der Waals surface area contributed by atoms with Crippen molar-refractivity contribution in [2.45, 2.75) is 31.8 Å². The fourth-order valence-corrected chi connectivity index (χ4v) is 4.57. The first-order valence-electron chi connectivity index (χ1n) is 8.63. The number of thiophene rings is 1. The van der Waals surface area contributed by atoms with E-state index in [4.69, 9.17) is 0 Å². The number of nitrogens with zero attached hydrogens (tertiary/aromatic N) is 4. The molecule has 2 heterocycles. The fourth-order valence-electron chi connectivity index (χ4n) is 3.27. The minimum atomic E-state index is -0.744. The summed E-state index contributed by atoms with van der Waals surface area (Å²) in [6.07, 6.45) is 4.84. The first-order valence-corrected chi connectivity index (χ1v) is 9.45. The van der Waals surface area contributed by atoms with Gasteiger partial charge >= 0.3 is 0 Å². The molecule has 0 fully saturated rings. The van der Waals surface area contributed by atoms with E-state index in [2.05, 4.69) is 20.8 Å². The lowest BCUT2D eigenvalue weighted by molar-refractivity contribution is 0.0915. The van der Waals surface area contributed by atoms with E-state index in [0.29, 0.717) is 5.56 Å². The molecule has 3 aromatic rings. The van der Waals surface area contributed by atoms with Crippen LogP contribution in [-0.4, -0.2) is 37.8 Å². The van der Waals surface area contributed by atoms with Crippen molar-refractivity contribution >= 4 is 17.2 Å². The monoisotopic (exact) mass is 369 g/mol. The number of benzene rings is 1. The van der Waals surface area contributed by atoms with Crippen molar-refractivity contribution in [2.75, 3.05) is 6.54 Å². The summed E-state index contributed by atoms with van der Waals surface area (Å²) in [4.78, 5) is 14.2. The molecule has 134 valence electrons. The van der Waals surface area contributed by atoms with Gasteiger partial charge in [-0.2, -0.15) is 4.68 Å². The molecular formula is C18H19N5O2S. The van der Waals surface area contributed by atoms with Gasteiger partial charge in [0.2, 0.25) is 0 Å². The SMILES string of the molecule is O=C(NCC(O)c1ccccc1)c1c(-n2cnnn2)sc2c1CCCC2. The van der Waals surface area contributed by atoms with Crippen molar-refractivity contribution < 1.29 is 9.90 Å². The molecule has 2 aromatic heterocycles. The van der Waals surface area contributed by atoms with Gasteiger partial charge in [0.05, 0.1) is 11.7 Å². The Balaban J connectivity index is 1.58. The van der Waals surface area contributed by atoms with Crippen molar-refractivity contribution in [3.05, 3.63) is 58.2 Å². The Labute approximate surface area is 154 Å². The normalized spacial score (nSPS) is 14.7. The quantitative estimate of drug-likeness (QED) is 0.718. The highest BCUT2D eigenvalue weighted by atomic mass is 32.1. The third kappa shape index (κ3) is 3.25. The van der Waals surface area contributed by atoms with Crippen LogP contribution in [-0.2, 0) is 12.8 Å². The molecule has 0 bridgehead atoms. The number of hydrogen-bond donors (Lipinski definition) is 2. The van der Waals surface area contributed by atoms with Crippen LogP contribution in [0.1, 0.15) is 45.3 Å². The Morgan fingerprint density at radius 2 is 2.08 bits per heavy atom. The van der Waals surface area contributed by atoms with Gasteiger partial charge in [-0.1, -0.05) is 30.3 Å². The summed E-state index contributed by atoms with van der Waals surface area (Å²) >= 11 is 1.58. The number of fused-ring (bicyclic) bond motifs is 1. The van der Waals surface area contributed by atoms with Gasteiger partial charge in [-0.25, -0.2) is 0 Å². The molecule has 0 radical (unpaired) electrons. The summed E-state index contributed by atoms with van der Waals surface area (Å²) < 4.78 is 1.55. The number of aliphatic hydroxyl groups excluding tert-OH is 1. The van der Waals surface area contributed by atoms with Crippen molar-refractivity contribution in [3.63, 3.8) is 0 Å². The summed E-state index contributed by atoms with van der Waals surface area (Å²) in [6, 6.07) is 9.31. The van der Waals surface area contributed by atoms with Crippen LogP contribution in [0.2, 0.25) is 0 Å². The number of rotatable bonds is 5. The molecule has 1 aliphatic carbocycles. The molecule has 2 N–H and O–H groups in total. The molecule has 26 heavy (non-hydrogen) atoms. The van der Waals surface area contributed by atoms with Gasteiger partial charge in [0, 0.05) is 11.4 Å². The number of aryl methyl sites for hydroxylation is 1. The fraction of sp³-hybridized carbons (Fsp3) is 0.333. The minimum absolute atomic E-state index is 0.155. The molecule has 1 aromatic carbocycles. The molecule has 1 aliphatic rings. The summed E-state index contributed by atoms with van der Waals surface area (Å²) in [5, 5.41) is 25.2. The molecule has 4 rings (SSSR count). The Hall–Kier alpha value is -2.58. The average Bonchev–Trinajstić information content (AvgIpc) is 3.33. The Kier molecular flexibility index (Phi) is 4.77. The van der Waals surface area contributed by atoms with Crippen molar-refractivity contribution in [2.24, 2.45) is 0 Å². The van der Waals surface area contributed by atoms with E-state index < -0.39 is 6.10 Å². The molecule has 0 saturated heterocycles. The Bertz CT molecular complexity index is 892. The maximum absolute atomic E-state index is 12.9. The van der Waals surface area contributed by atoms with E-state index in [-0.39, 0.29) is 12.5 Å². The number of aliphatic hydroxyl groups is 1. The van der Waals surface area contributed by atoms with E-state index in [0.717, 1.165) is 41.8 Å². The predicted octanol–water partition coefficient (Wildman–Crippen LogP) is 2.07. The van der Waals surface area contributed by atoms with Crippen molar-refractivity contribution in [3.8, 4) is 5.00 Å². The van der Waals surface area contributed by atoms with Gasteiger partial charge in [0.15, 0.2) is 0 Å². The Morgan fingerprint density at radius 3 is 2.85 bits per heavy atom. The number of aromatic nitrogens is 4. The topological polar surface area (TPSA) is 92.9 Å². The molecule has 1 atom stereocenters. The lowest BCUT2D eigenvalue weighted by atomic mass is 9.95. The van der Waals surface area contributed by atoms with Crippen LogP contribution in [0.4, 0.5) is 0 Å². The van der Waals surface area contributed by atoms with Gasteiger partial charge in [0.25, 0.3) is 5.91 Å². The third-order valence-electron chi connectivity index (χ3n) is 4.58. The van der Waals surface area contributed by atoms with Crippen LogP contribution in [0, 0.1) is 0 Å². The van der Waals surface area contributed by atoms with Gasteiger partial charge in [-0.05, 0) is 47.2 Å². The first-order chi connectivity index (χ1) is 12.7. The molecule has 7 nitrogen and oxygen atoms in total. The lowest BCUT2D eigenvalue weighted by Gasteiger charge is -2.15. The predicted molar refractivity (Wildman–Crippen MR) is 97.4 cm³/mol. The molecule has 0 aliphatic heterocycles. The number of carbonyl (C=O) groups is 1.